The van der Waals surface area contributed by atoms with E-state index in [9.17, 15) is 0 Å². The summed E-state index contributed by atoms with van der Waals surface area (Å²) in [6, 6.07) is 8.53. The Bertz CT molecular complexity index is 389. The third-order valence-corrected chi connectivity index (χ3v) is 3.25. The lowest BCUT2D eigenvalue weighted by atomic mass is 10.3. The van der Waals surface area contributed by atoms with Crippen LogP contribution in [0.15, 0.2) is 24.3 Å². The Morgan fingerprint density at radius 2 is 2.00 bits per heavy atom. The third-order valence-electron chi connectivity index (χ3n) is 2.01. The lowest BCUT2D eigenvalue weighted by Crippen LogP contribution is -1.87. The largest absolute Gasteiger partial charge is 0.344 e. The Labute approximate surface area is 67.8 Å². The van der Waals surface area contributed by atoms with Crippen molar-refractivity contribution in [3.05, 3.63) is 29.7 Å². The van der Waals surface area contributed by atoms with Crippen molar-refractivity contribution in [2.45, 2.75) is 6.92 Å². The van der Waals surface area contributed by atoms with Crippen LogP contribution in [-0.4, -0.2) is 4.57 Å². The van der Waals surface area contributed by atoms with Crippen LogP contribution in [0.5, 0.6) is 0 Å². The van der Waals surface area contributed by atoms with E-state index in [0.29, 0.717) is 0 Å². The summed E-state index contributed by atoms with van der Waals surface area (Å²) in [5.74, 6) is 0. The van der Waals surface area contributed by atoms with Crippen molar-refractivity contribution >= 4 is 18.8 Å². The molecular weight excluding hydrogens is 153 g/mol. The van der Waals surface area contributed by atoms with E-state index >= 15 is 0 Å². The minimum Gasteiger partial charge on any atom is -0.344 e. The van der Waals surface area contributed by atoms with Crippen molar-refractivity contribution < 1.29 is 0 Å². The Kier molecular flexibility index (Phi) is 1.47. The number of nitrogens with zero attached hydrogens (tertiary/aromatic N) is 1. The monoisotopic (exact) mass is 163 g/mol. The molecule has 2 rings (SSSR count). The first-order valence-corrected chi connectivity index (χ1v) is 4.56. The maximum atomic E-state index is 2.25. The van der Waals surface area contributed by atoms with Crippen LogP contribution in [0.4, 0.5) is 0 Å². The number of aromatic nitrogens is 1. The van der Waals surface area contributed by atoms with Crippen LogP contribution < -0.4 is 0 Å². The Balaban J connectivity index is 2.92. The van der Waals surface area contributed by atoms with Gasteiger partial charge in [0.1, 0.15) is 0 Å². The normalized spacial score (nSPS) is 11.5. The highest BCUT2D eigenvalue weighted by Crippen LogP contribution is 2.28. The van der Waals surface area contributed by atoms with Gasteiger partial charge in [-0.3, -0.25) is 0 Å². The summed E-state index contributed by atoms with van der Waals surface area (Å²) >= 11 is 0. The summed E-state index contributed by atoms with van der Waals surface area (Å²) in [7, 11) is 3.48. The highest BCUT2D eigenvalue weighted by Gasteiger charge is 1.99. The van der Waals surface area contributed by atoms with Gasteiger partial charge >= 0.3 is 0 Å². The zero-order valence-electron chi connectivity index (χ0n) is 6.70. The SMILES string of the molecule is Cc1pc2ccccc2n1C. The molecule has 11 heavy (non-hydrogen) atoms. The van der Waals surface area contributed by atoms with Gasteiger partial charge in [-0.15, -0.1) is 0 Å². The van der Waals surface area contributed by atoms with Gasteiger partial charge in [0.15, 0.2) is 0 Å². The van der Waals surface area contributed by atoms with Crippen LogP contribution >= 0.6 is 8.19 Å². The standard InChI is InChI=1S/C9H10NP/c1-7-10(2)8-5-3-4-6-9(8)11-7/h3-6H,1-2H3. The van der Waals surface area contributed by atoms with Crippen molar-refractivity contribution in [2.24, 2.45) is 7.05 Å². The first kappa shape index (κ1) is 6.87. The molecule has 0 saturated heterocycles. The fraction of sp³-hybridized carbons (Fsp3) is 0.222. The van der Waals surface area contributed by atoms with E-state index in [1.165, 1.54) is 24.3 Å². The van der Waals surface area contributed by atoms with E-state index in [1.54, 1.807) is 0 Å². The van der Waals surface area contributed by atoms with Crippen LogP contribution in [0.2, 0.25) is 0 Å². The van der Waals surface area contributed by atoms with Crippen molar-refractivity contribution in [3.63, 3.8) is 0 Å². The first-order valence-electron chi connectivity index (χ1n) is 3.67. The van der Waals surface area contributed by atoms with E-state index in [0.717, 1.165) is 0 Å². The van der Waals surface area contributed by atoms with E-state index in [-0.39, 0.29) is 0 Å². The molecule has 0 aliphatic rings. The smallest absolute Gasteiger partial charge is 0.0529 e. The van der Waals surface area contributed by atoms with Gasteiger partial charge in [0.05, 0.1) is 5.52 Å². The predicted molar refractivity (Wildman–Crippen MR) is 50.2 cm³/mol. The number of fused-ring (bicyclic) bond motifs is 1. The Hall–Kier alpha value is -0.810. The van der Waals surface area contributed by atoms with E-state index in [1.807, 2.05) is 0 Å². The Morgan fingerprint density at radius 1 is 1.27 bits per heavy atom. The molecule has 2 heteroatoms. The van der Waals surface area contributed by atoms with E-state index < -0.39 is 0 Å². The topological polar surface area (TPSA) is 4.93 Å². The van der Waals surface area contributed by atoms with Crippen molar-refractivity contribution in [1.29, 1.82) is 0 Å². The van der Waals surface area contributed by atoms with Crippen LogP contribution in [0.1, 0.15) is 5.43 Å². The molecule has 1 aromatic carbocycles. The third kappa shape index (κ3) is 0.965. The molecule has 0 amide bonds. The Morgan fingerprint density at radius 3 is 2.73 bits per heavy atom. The average Bonchev–Trinajstić information content (AvgIpc) is 2.30. The quantitative estimate of drug-likeness (QED) is 0.562. The van der Waals surface area contributed by atoms with Gasteiger partial charge < -0.3 is 4.57 Å². The van der Waals surface area contributed by atoms with Crippen LogP contribution in [0, 0.1) is 6.92 Å². The van der Waals surface area contributed by atoms with Gasteiger partial charge in [0.25, 0.3) is 0 Å². The molecule has 0 aliphatic heterocycles. The van der Waals surface area contributed by atoms with Crippen LogP contribution in [0.25, 0.3) is 10.6 Å². The fourth-order valence-electron chi connectivity index (χ4n) is 1.27. The molecule has 0 N–H and O–H groups in total. The average molecular weight is 163 g/mol. The molecule has 56 valence electrons. The van der Waals surface area contributed by atoms with Crippen molar-refractivity contribution in [2.75, 3.05) is 0 Å². The summed E-state index contributed by atoms with van der Waals surface area (Å²) in [5.41, 5.74) is 2.76. The number of hydrogen-bond acceptors (Lipinski definition) is 0. The molecule has 0 fully saturated rings. The number of rotatable bonds is 0. The molecule has 0 saturated carbocycles. The van der Waals surface area contributed by atoms with Crippen LogP contribution in [0.3, 0.4) is 0 Å². The molecule has 1 nitrogen and oxygen atoms in total. The van der Waals surface area contributed by atoms with Gasteiger partial charge in [0, 0.05) is 17.6 Å². The van der Waals surface area contributed by atoms with Crippen molar-refractivity contribution in [1.82, 2.24) is 4.57 Å². The zero-order chi connectivity index (χ0) is 7.84. The molecule has 0 atom stereocenters. The molecule has 0 unspecified atom stereocenters. The minimum absolute atomic E-state index is 1.35. The second-order valence-corrected chi connectivity index (χ2v) is 4.06. The summed E-state index contributed by atoms with van der Waals surface area (Å²) in [4.78, 5) is 0. The van der Waals surface area contributed by atoms with E-state index in [2.05, 4.69) is 42.8 Å². The second-order valence-electron chi connectivity index (χ2n) is 2.71. The first-order chi connectivity index (χ1) is 5.29. The van der Waals surface area contributed by atoms with Gasteiger partial charge in [-0.2, -0.15) is 0 Å². The minimum atomic E-state index is 1.35. The van der Waals surface area contributed by atoms with Gasteiger partial charge in [0.2, 0.25) is 0 Å². The summed E-state index contributed by atoms with van der Waals surface area (Å²) in [6.45, 7) is 2.17. The van der Waals surface area contributed by atoms with Gasteiger partial charge in [-0.25, -0.2) is 0 Å². The molecule has 1 heterocycles. The molecular formula is C9H10NP. The number of aryl methyl sites for hydroxylation is 2. The maximum absolute atomic E-state index is 2.25. The predicted octanol–water partition coefficient (Wildman–Crippen LogP) is 3.07. The maximum Gasteiger partial charge on any atom is 0.0529 e. The number of hydrogen-bond donors (Lipinski definition) is 0. The van der Waals surface area contributed by atoms with Crippen molar-refractivity contribution in [3.8, 4) is 0 Å². The fourth-order valence-corrected chi connectivity index (χ4v) is 2.37. The molecule has 1 aromatic heterocycles. The molecule has 0 spiro atoms. The highest BCUT2D eigenvalue weighted by atomic mass is 31.0. The lowest BCUT2D eigenvalue weighted by molar-refractivity contribution is 0.933. The van der Waals surface area contributed by atoms with Crippen LogP contribution in [-0.2, 0) is 7.05 Å². The zero-order valence-corrected chi connectivity index (χ0v) is 7.60. The molecule has 0 radical (unpaired) electrons. The number of benzene rings is 1. The number of para-hydroxylation sites is 1. The molecule has 0 bridgehead atoms. The van der Waals surface area contributed by atoms with Gasteiger partial charge in [-0.05, 0) is 27.2 Å². The van der Waals surface area contributed by atoms with Gasteiger partial charge in [-0.1, -0.05) is 12.1 Å². The lowest BCUT2D eigenvalue weighted by Gasteiger charge is -1.95. The molecule has 2 aromatic rings. The summed E-state index contributed by atoms with van der Waals surface area (Å²) in [6.07, 6.45) is 0. The summed E-state index contributed by atoms with van der Waals surface area (Å²) in [5, 5.41) is 1.42. The van der Waals surface area contributed by atoms with E-state index in [4.69, 9.17) is 0 Å². The second kappa shape index (κ2) is 2.35. The molecule has 0 aliphatic carbocycles. The summed E-state index contributed by atoms with van der Waals surface area (Å²) < 4.78 is 2.25. The highest BCUT2D eigenvalue weighted by molar-refractivity contribution is 7.37.